The first kappa shape index (κ1) is 86.0. The van der Waals surface area contributed by atoms with Crippen molar-refractivity contribution in [3.63, 3.8) is 0 Å². The molecule has 0 atom stereocenters. The minimum Gasteiger partial charge on any atom is -0.311 e. The van der Waals surface area contributed by atoms with Crippen LogP contribution in [0.3, 0.4) is 0 Å². The van der Waals surface area contributed by atoms with Gasteiger partial charge in [-0.1, -0.05) is 406 Å². The third-order valence-electron chi connectivity index (χ3n) is 28.3. The molecule has 7 heteroatoms. The predicted molar refractivity (Wildman–Crippen MR) is 617 cm³/mol. The zero-order valence-electron chi connectivity index (χ0n) is 78.6. The molecule has 5 nitrogen and oxygen atoms in total. The first-order chi connectivity index (χ1) is 71.4. The van der Waals surface area contributed by atoms with Gasteiger partial charge in [-0.05, 0) is 255 Å². The van der Waals surface area contributed by atoms with Crippen molar-refractivity contribution in [1.29, 1.82) is 0 Å². The van der Waals surface area contributed by atoms with Crippen LogP contribution < -0.4 is 9.80 Å². The van der Waals surface area contributed by atoms with E-state index in [0.29, 0.717) is 0 Å². The lowest BCUT2D eigenvalue weighted by molar-refractivity contribution is 1.11. The zero-order valence-corrected chi connectivity index (χ0v) is 80.2. The van der Waals surface area contributed by atoms with Crippen LogP contribution in [0.15, 0.2) is 552 Å². The largest absolute Gasteiger partial charge is 0.311 e. The lowest BCUT2D eigenvalue weighted by Gasteiger charge is -2.29. The number of benzene rings is 23. The average Bonchev–Trinajstić information content (AvgIpc) is 1.46. The van der Waals surface area contributed by atoms with Crippen molar-refractivity contribution in [3.8, 4) is 101 Å². The van der Waals surface area contributed by atoms with Gasteiger partial charge in [0.05, 0.1) is 32.5 Å². The Morgan fingerprint density at radius 3 is 0.965 bits per heavy atom. The molecule has 0 aliphatic heterocycles. The van der Waals surface area contributed by atoms with Gasteiger partial charge in [-0.3, -0.25) is 4.57 Å². The van der Waals surface area contributed by atoms with Crippen molar-refractivity contribution in [2.75, 3.05) is 9.80 Å². The van der Waals surface area contributed by atoms with Gasteiger partial charge in [0.1, 0.15) is 0 Å². The van der Waals surface area contributed by atoms with E-state index in [4.69, 9.17) is 4.98 Å². The van der Waals surface area contributed by atoms with Crippen molar-refractivity contribution in [2.45, 2.75) is 0 Å². The SMILES string of the molecule is c1cc(-c2ccc3c4ccccc4c4ccccc4c3c2)cc(-c2cccc3c2sc2ccccc23)c1.c1ccc(-c2ccc(N(c3ccc(-c4ccccc4)cc3)c3ccc(-c4ccc(N(c5ccc(-c6ccccc6)cc5)c5ccc(-c6ccccc6)cc5-c5ccccc5)cc4)cc3)cc2)cc1.c1ccc2c(c1)c1ccccc1n2-c1ccc2sc3c(-n4c5ccccc5c5ccccc54)nccc3c2c1. The van der Waals surface area contributed by atoms with E-state index in [-0.39, 0.29) is 0 Å². The molecule has 0 spiro atoms. The van der Waals surface area contributed by atoms with Crippen LogP contribution >= 0.6 is 22.7 Å². The highest BCUT2D eigenvalue weighted by atomic mass is 32.1. The number of hydrogen-bond acceptors (Lipinski definition) is 5. The van der Waals surface area contributed by atoms with Gasteiger partial charge in [0.15, 0.2) is 5.82 Å². The summed E-state index contributed by atoms with van der Waals surface area (Å²) in [7, 11) is 0. The van der Waals surface area contributed by atoms with Gasteiger partial charge < -0.3 is 14.4 Å². The second-order valence-electron chi connectivity index (χ2n) is 36.7. The van der Waals surface area contributed by atoms with Crippen LogP contribution in [0.25, 0.3) is 217 Å². The van der Waals surface area contributed by atoms with E-state index >= 15 is 0 Å². The lowest BCUT2D eigenvalue weighted by Crippen LogP contribution is -2.11. The van der Waals surface area contributed by atoms with Crippen molar-refractivity contribution >= 4 is 173 Å². The van der Waals surface area contributed by atoms with E-state index in [1.54, 1.807) is 0 Å². The summed E-state index contributed by atoms with van der Waals surface area (Å²) in [6.07, 6.45) is 1.96. The molecule has 5 aromatic heterocycles. The number of fused-ring (bicyclic) bond motifs is 18. The van der Waals surface area contributed by atoms with Gasteiger partial charge >= 0.3 is 0 Å². The van der Waals surface area contributed by atoms with E-state index in [1.807, 2.05) is 28.9 Å². The van der Waals surface area contributed by atoms with Gasteiger partial charge in [0, 0.05) is 103 Å². The number of para-hydroxylation sites is 4. The maximum atomic E-state index is 4.97. The van der Waals surface area contributed by atoms with Crippen molar-refractivity contribution in [2.24, 2.45) is 0 Å². The van der Waals surface area contributed by atoms with Gasteiger partial charge in [-0.25, -0.2) is 4.98 Å². The van der Waals surface area contributed by atoms with Gasteiger partial charge in [-0.15, -0.1) is 22.7 Å². The fourth-order valence-electron chi connectivity index (χ4n) is 21.4. The summed E-state index contributed by atoms with van der Waals surface area (Å²) >= 11 is 3.71. The molecule has 0 bridgehead atoms. The Morgan fingerprint density at radius 2 is 0.486 bits per heavy atom. The molecule has 676 valence electrons. The molecule has 0 amide bonds. The number of aromatic nitrogens is 3. The molecule has 0 aliphatic rings. The first-order valence-electron chi connectivity index (χ1n) is 49.1. The van der Waals surface area contributed by atoms with E-state index in [9.17, 15) is 0 Å². The van der Waals surface area contributed by atoms with Crippen molar-refractivity contribution in [3.05, 3.63) is 552 Å². The molecule has 28 rings (SSSR count). The standard InChI is InChI=1S/C66H48N2.C36H22S.C35H21N3S/c1-6-16-49(17-7-1)53-26-37-60(38-27-53)67(61-39-28-54(29-40-61)50-18-8-2-9-19-50)62-41-30-56(31-42-62)57-34-45-64(46-35-57)68(63-43-32-55(33-44-63)51-20-10-3-11-21-51)66-47-36-59(52-22-12-4-13-23-52)48-65(66)58-24-14-5-15-25-58;1-2-13-29-27(11-1)28-12-3-4-14-30(28)34-22-24(19-20-31(29)34)23-9-7-10-25(21-23)26-16-8-17-33-32-15-5-6-18-35(32)37-36(26)33;1-5-13-29-23(9-1)24-10-2-6-14-30(24)37(29)22-17-18-33-28(21-22)27-19-20-36-35(34(27)39-33)38-31-15-7-3-11-25(31)26-12-4-8-16-32(26)38/h1-48H;1-22H;1-21H. The van der Waals surface area contributed by atoms with Crippen LogP contribution in [0.5, 0.6) is 0 Å². The minimum absolute atomic E-state index is 0.990. The van der Waals surface area contributed by atoms with E-state index in [1.165, 1.54) is 189 Å². The summed E-state index contributed by atoms with van der Waals surface area (Å²) in [6.45, 7) is 0. The second-order valence-corrected chi connectivity index (χ2v) is 38.8. The number of anilines is 6. The summed E-state index contributed by atoms with van der Waals surface area (Å²) in [5.41, 5.74) is 31.8. The highest BCUT2D eigenvalue weighted by Crippen LogP contribution is 2.49. The van der Waals surface area contributed by atoms with Crippen LogP contribution in [0.2, 0.25) is 0 Å². The number of pyridine rings is 1. The molecule has 28 aromatic rings. The fourth-order valence-corrected chi connectivity index (χ4v) is 23.8. The molecular weight excluding hydrogens is 1780 g/mol. The Hall–Kier alpha value is -18.4. The number of nitrogens with zero attached hydrogens (tertiary/aromatic N) is 5. The van der Waals surface area contributed by atoms with E-state index in [2.05, 4.69) is 565 Å². The predicted octanol–water partition coefficient (Wildman–Crippen LogP) is 39.1. The third-order valence-corrected chi connectivity index (χ3v) is 30.8. The van der Waals surface area contributed by atoms with Crippen LogP contribution in [0.4, 0.5) is 34.1 Å². The van der Waals surface area contributed by atoms with Crippen LogP contribution in [-0.2, 0) is 0 Å². The zero-order chi connectivity index (χ0) is 95.3. The Labute approximate surface area is 843 Å². The van der Waals surface area contributed by atoms with Gasteiger partial charge in [-0.2, -0.15) is 0 Å². The molecule has 0 unspecified atom stereocenters. The maximum Gasteiger partial charge on any atom is 0.155 e. The number of hydrogen-bond donors (Lipinski definition) is 0. The lowest BCUT2D eigenvalue weighted by atomic mass is 9.91. The molecule has 144 heavy (non-hydrogen) atoms. The van der Waals surface area contributed by atoms with Crippen molar-refractivity contribution in [1.82, 2.24) is 14.1 Å². The first-order valence-corrected chi connectivity index (χ1v) is 50.7. The highest BCUT2D eigenvalue weighted by molar-refractivity contribution is 7.26. The minimum atomic E-state index is 0.990. The number of rotatable bonds is 16. The summed E-state index contributed by atoms with van der Waals surface area (Å²) < 4.78 is 9.90. The van der Waals surface area contributed by atoms with E-state index < -0.39 is 0 Å². The van der Waals surface area contributed by atoms with Gasteiger partial charge in [0.2, 0.25) is 0 Å². The Bertz CT molecular complexity index is 9430. The number of thiophene rings is 2. The molecule has 0 radical (unpaired) electrons. The maximum absolute atomic E-state index is 4.97. The molecule has 0 aliphatic carbocycles. The summed E-state index contributed by atoms with van der Waals surface area (Å²) in [5.74, 6) is 0.990. The van der Waals surface area contributed by atoms with Crippen LogP contribution in [0, 0.1) is 0 Å². The quantitative estimate of drug-likeness (QED) is 0.0903. The molecule has 0 saturated carbocycles. The normalized spacial score (nSPS) is 11.5. The monoisotopic (exact) mass is 1870 g/mol. The fraction of sp³-hybridized carbons (Fsp3) is 0. The van der Waals surface area contributed by atoms with Crippen LogP contribution in [-0.4, -0.2) is 14.1 Å². The molecule has 5 heterocycles. The molecular formula is C137H91N5S2. The van der Waals surface area contributed by atoms with Crippen LogP contribution in [0.1, 0.15) is 0 Å². The molecule has 0 saturated heterocycles. The summed E-state index contributed by atoms with van der Waals surface area (Å²) in [5, 5.41) is 18.1. The molecule has 0 N–H and O–H groups in total. The second kappa shape index (κ2) is 37.4. The van der Waals surface area contributed by atoms with Crippen molar-refractivity contribution < 1.29 is 0 Å². The highest BCUT2D eigenvalue weighted by Gasteiger charge is 2.25. The Kier molecular flexibility index (Phi) is 22.3. The molecule has 23 aromatic carbocycles. The topological polar surface area (TPSA) is 29.2 Å². The summed E-state index contributed by atoms with van der Waals surface area (Å²) in [6, 6.07) is 197. The average molecular weight is 1870 g/mol. The molecule has 0 fully saturated rings. The van der Waals surface area contributed by atoms with E-state index in [0.717, 1.165) is 62.2 Å². The smallest absolute Gasteiger partial charge is 0.155 e. The van der Waals surface area contributed by atoms with Gasteiger partial charge in [0.25, 0.3) is 0 Å². The Balaban J connectivity index is 0.000000118. The Morgan fingerprint density at radius 1 is 0.167 bits per heavy atom. The summed E-state index contributed by atoms with van der Waals surface area (Å²) in [4.78, 5) is 9.70. The third kappa shape index (κ3) is 15.9.